The Labute approximate surface area is 209 Å². The maximum atomic E-state index is 14.2. The predicted molar refractivity (Wildman–Crippen MR) is 137 cm³/mol. The summed E-state index contributed by atoms with van der Waals surface area (Å²) in [5, 5.41) is 11.4. The van der Waals surface area contributed by atoms with Gasteiger partial charge in [0.25, 0.3) is 11.7 Å². The Morgan fingerprint density at radius 3 is 2.19 bits per heavy atom. The smallest absolute Gasteiger partial charge is 0.300 e. The molecule has 1 aliphatic heterocycles. The van der Waals surface area contributed by atoms with E-state index in [1.807, 2.05) is 45.0 Å². The highest BCUT2D eigenvalue weighted by molar-refractivity contribution is 6.51. The number of halogens is 2. The largest absolute Gasteiger partial charge is 0.507 e. The minimum atomic E-state index is -1.14. The molecule has 0 bridgehead atoms. The summed E-state index contributed by atoms with van der Waals surface area (Å²) in [5.41, 5.74) is 3.47. The fraction of sp³-hybridized carbons (Fsp3) is 0.241. The van der Waals surface area contributed by atoms with Crippen molar-refractivity contribution in [2.45, 2.75) is 33.7 Å². The monoisotopic (exact) mass is 490 g/mol. The summed E-state index contributed by atoms with van der Waals surface area (Å²) in [6.07, 6.45) is 0. The molecule has 0 aromatic heterocycles. The van der Waals surface area contributed by atoms with Crippen LogP contribution in [0, 0.1) is 25.5 Å². The summed E-state index contributed by atoms with van der Waals surface area (Å²) in [6, 6.07) is 14.8. The summed E-state index contributed by atoms with van der Waals surface area (Å²) in [7, 11) is 0. The highest BCUT2D eigenvalue weighted by Gasteiger charge is 2.47. The third-order valence-corrected chi connectivity index (χ3v) is 6.61. The zero-order chi connectivity index (χ0) is 26.1. The standard InChI is InChI=1S/C29H28F2N2O3/c1-5-32(6-2)20-11-9-19(10-12-20)26-25(27(34)22-15-17(3)7-8-18(22)4)28(35)29(36)33(26)21-13-14-23(30)24(31)16-21/h7-16,26,34H,5-6H2,1-4H3/b27-25+. The number of ketones is 1. The van der Waals surface area contributed by atoms with E-state index in [4.69, 9.17) is 0 Å². The van der Waals surface area contributed by atoms with Gasteiger partial charge >= 0.3 is 0 Å². The lowest BCUT2D eigenvalue weighted by Crippen LogP contribution is -2.29. The first-order chi connectivity index (χ1) is 17.2. The molecule has 1 aliphatic rings. The second-order valence-electron chi connectivity index (χ2n) is 8.85. The second kappa shape index (κ2) is 9.93. The fourth-order valence-electron chi connectivity index (χ4n) is 4.64. The maximum Gasteiger partial charge on any atom is 0.300 e. The second-order valence-corrected chi connectivity index (χ2v) is 8.85. The Bertz CT molecular complexity index is 1360. The van der Waals surface area contributed by atoms with E-state index >= 15 is 0 Å². The summed E-state index contributed by atoms with van der Waals surface area (Å²) in [4.78, 5) is 29.8. The highest BCUT2D eigenvalue weighted by Crippen LogP contribution is 2.43. The highest BCUT2D eigenvalue weighted by atomic mass is 19.2. The van der Waals surface area contributed by atoms with Crippen molar-refractivity contribution in [3.63, 3.8) is 0 Å². The molecule has 0 aliphatic carbocycles. The fourth-order valence-corrected chi connectivity index (χ4v) is 4.64. The van der Waals surface area contributed by atoms with Gasteiger partial charge in [0.2, 0.25) is 0 Å². The number of hydrogen-bond donors (Lipinski definition) is 1. The SMILES string of the molecule is CCN(CC)c1ccc(C2/C(=C(\O)c3cc(C)ccc3C)C(=O)C(=O)N2c2ccc(F)c(F)c2)cc1. The van der Waals surface area contributed by atoms with Crippen molar-refractivity contribution in [1.82, 2.24) is 0 Å². The number of aryl methyl sites for hydroxylation is 2. The first-order valence-electron chi connectivity index (χ1n) is 11.9. The van der Waals surface area contributed by atoms with Gasteiger partial charge in [-0.25, -0.2) is 8.78 Å². The first-order valence-corrected chi connectivity index (χ1v) is 11.9. The third kappa shape index (κ3) is 4.37. The van der Waals surface area contributed by atoms with E-state index in [0.717, 1.165) is 46.9 Å². The van der Waals surface area contributed by atoms with E-state index in [2.05, 4.69) is 4.90 Å². The van der Waals surface area contributed by atoms with Crippen LogP contribution in [0.15, 0.2) is 66.2 Å². The molecule has 4 rings (SSSR count). The van der Waals surface area contributed by atoms with E-state index in [1.165, 1.54) is 6.07 Å². The van der Waals surface area contributed by atoms with Crippen molar-refractivity contribution < 1.29 is 23.5 Å². The minimum absolute atomic E-state index is 0.0221. The average molecular weight is 491 g/mol. The van der Waals surface area contributed by atoms with Gasteiger partial charge in [0.15, 0.2) is 11.6 Å². The van der Waals surface area contributed by atoms with Crippen LogP contribution in [0.3, 0.4) is 0 Å². The lowest BCUT2D eigenvalue weighted by molar-refractivity contribution is -0.132. The van der Waals surface area contributed by atoms with Gasteiger partial charge in [-0.1, -0.05) is 29.8 Å². The Kier molecular flexibility index (Phi) is 6.93. The number of aliphatic hydroxyl groups is 1. The number of rotatable bonds is 6. The van der Waals surface area contributed by atoms with Gasteiger partial charge in [-0.05, 0) is 69.2 Å². The van der Waals surface area contributed by atoms with Gasteiger partial charge in [0.1, 0.15) is 5.76 Å². The van der Waals surface area contributed by atoms with E-state index in [1.54, 1.807) is 25.1 Å². The molecule has 0 saturated carbocycles. The van der Waals surface area contributed by atoms with Crippen LogP contribution in [-0.4, -0.2) is 29.9 Å². The first kappa shape index (κ1) is 25.1. The van der Waals surface area contributed by atoms with Crippen molar-refractivity contribution in [3.8, 4) is 0 Å². The lowest BCUT2D eigenvalue weighted by Gasteiger charge is -2.27. The van der Waals surface area contributed by atoms with Gasteiger partial charge in [0, 0.05) is 36.1 Å². The van der Waals surface area contributed by atoms with Crippen LogP contribution < -0.4 is 9.80 Å². The summed E-state index contributed by atoms with van der Waals surface area (Å²) < 4.78 is 27.8. The molecule has 3 aromatic carbocycles. The van der Waals surface area contributed by atoms with Gasteiger partial charge in [-0.15, -0.1) is 0 Å². The van der Waals surface area contributed by atoms with Crippen LogP contribution in [-0.2, 0) is 9.59 Å². The van der Waals surface area contributed by atoms with Crippen LogP contribution in [0.5, 0.6) is 0 Å². The number of Topliss-reactive ketones (excluding diaryl/α,β-unsaturated/α-hetero) is 1. The molecule has 1 unspecified atom stereocenters. The predicted octanol–water partition coefficient (Wildman–Crippen LogP) is 6.05. The summed E-state index contributed by atoms with van der Waals surface area (Å²) in [6.45, 7) is 9.35. The average Bonchev–Trinajstić information content (AvgIpc) is 3.13. The molecule has 5 nitrogen and oxygen atoms in total. The number of aliphatic hydroxyl groups excluding tert-OH is 1. The third-order valence-electron chi connectivity index (χ3n) is 6.61. The topological polar surface area (TPSA) is 60.9 Å². The van der Waals surface area contributed by atoms with Crippen LogP contribution in [0.25, 0.3) is 5.76 Å². The molecule has 3 aromatic rings. The summed E-state index contributed by atoms with van der Waals surface area (Å²) in [5.74, 6) is -4.33. The zero-order valence-electron chi connectivity index (χ0n) is 20.7. The van der Waals surface area contributed by atoms with Crippen LogP contribution in [0.4, 0.5) is 20.2 Å². The Morgan fingerprint density at radius 1 is 0.917 bits per heavy atom. The molecule has 1 N–H and O–H groups in total. The quantitative estimate of drug-likeness (QED) is 0.259. The van der Waals surface area contributed by atoms with Crippen molar-refractivity contribution in [2.24, 2.45) is 0 Å². The Morgan fingerprint density at radius 2 is 1.58 bits per heavy atom. The van der Waals surface area contributed by atoms with Crippen LogP contribution in [0.2, 0.25) is 0 Å². The maximum absolute atomic E-state index is 14.2. The minimum Gasteiger partial charge on any atom is -0.507 e. The number of benzene rings is 3. The van der Waals surface area contributed by atoms with Gasteiger partial charge < -0.3 is 10.0 Å². The molecule has 36 heavy (non-hydrogen) atoms. The molecule has 1 amide bonds. The van der Waals surface area contributed by atoms with Crippen molar-refractivity contribution in [3.05, 3.63) is 100 Å². The zero-order valence-corrected chi connectivity index (χ0v) is 20.7. The normalized spacial score (nSPS) is 17.1. The van der Waals surface area contributed by atoms with Gasteiger partial charge in [0.05, 0.1) is 11.6 Å². The van der Waals surface area contributed by atoms with E-state index < -0.39 is 29.4 Å². The molecule has 186 valence electrons. The molecule has 0 spiro atoms. The Balaban J connectivity index is 1.94. The number of anilines is 2. The van der Waals surface area contributed by atoms with E-state index in [0.29, 0.717) is 11.1 Å². The lowest BCUT2D eigenvalue weighted by atomic mass is 9.93. The molecular formula is C29H28F2N2O3. The molecule has 1 atom stereocenters. The van der Waals surface area contributed by atoms with Crippen molar-refractivity contribution in [1.29, 1.82) is 0 Å². The number of hydrogen-bond acceptors (Lipinski definition) is 4. The van der Waals surface area contributed by atoms with Gasteiger partial charge in [-0.2, -0.15) is 0 Å². The van der Waals surface area contributed by atoms with Crippen molar-refractivity contribution in [2.75, 3.05) is 22.9 Å². The van der Waals surface area contributed by atoms with E-state index in [9.17, 15) is 23.5 Å². The number of carbonyl (C=O) groups excluding carboxylic acids is 2. The van der Waals surface area contributed by atoms with E-state index in [-0.39, 0.29) is 17.0 Å². The summed E-state index contributed by atoms with van der Waals surface area (Å²) >= 11 is 0. The van der Waals surface area contributed by atoms with Gasteiger partial charge in [-0.3, -0.25) is 14.5 Å². The van der Waals surface area contributed by atoms with Crippen LogP contribution >= 0.6 is 0 Å². The number of amides is 1. The Hall–Kier alpha value is -4.00. The number of nitrogens with zero attached hydrogens (tertiary/aromatic N) is 2. The molecule has 1 heterocycles. The molecular weight excluding hydrogens is 462 g/mol. The van der Waals surface area contributed by atoms with Crippen LogP contribution in [0.1, 0.15) is 42.1 Å². The molecule has 0 radical (unpaired) electrons. The molecule has 1 fully saturated rings. The number of carbonyl (C=O) groups is 2. The van der Waals surface area contributed by atoms with Crippen molar-refractivity contribution >= 4 is 28.8 Å². The molecule has 1 saturated heterocycles. The molecule has 7 heteroatoms.